The second-order valence-corrected chi connectivity index (χ2v) is 6.65. The zero-order valence-electron chi connectivity index (χ0n) is 15.5. The molecule has 3 amide bonds. The van der Waals surface area contributed by atoms with Gasteiger partial charge in [-0.1, -0.05) is 48.5 Å². The van der Waals surface area contributed by atoms with Crippen molar-refractivity contribution in [3.8, 4) is 0 Å². The third-order valence-corrected chi connectivity index (χ3v) is 4.62. The molecule has 6 nitrogen and oxygen atoms in total. The van der Waals surface area contributed by atoms with Crippen LogP contribution in [0.3, 0.4) is 0 Å². The van der Waals surface area contributed by atoms with Gasteiger partial charge in [0.15, 0.2) is 0 Å². The first-order valence-electron chi connectivity index (χ1n) is 9.12. The van der Waals surface area contributed by atoms with E-state index in [1.807, 2.05) is 42.5 Å². The zero-order valence-corrected chi connectivity index (χ0v) is 15.5. The Hall–Kier alpha value is -2.86. The second kappa shape index (κ2) is 9.19. The number of likely N-dealkylation sites (tertiary alicyclic amines) is 1. The minimum Gasteiger partial charge on any atom is -0.383 e. The number of benzene rings is 2. The van der Waals surface area contributed by atoms with Crippen molar-refractivity contribution in [2.45, 2.75) is 18.9 Å². The van der Waals surface area contributed by atoms with Crippen molar-refractivity contribution < 1.29 is 14.3 Å². The minimum absolute atomic E-state index is 0.0434. The number of para-hydroxylation sites is 1. The Morgan fingerprint density at radius 2 is 1.89 bits per heavy atom. The number of carbonyl (C=O) groups is 2. The molecule has 1 aliphatic rings. The van der Waals surface area contributed by atoms with Crippen molar-refractivity contribution in [2.24, 2.45) is 0 Å². The van der Waals surface area contributed by atoms with E-state index < -0.39 is 0 Å². The Balaban J connectivity index is 1.58. The molecule has 1 heterocycles. The molecule has 6 heteroatoms. The largest absolute Gasteiger partial charge is 0.383 e. The molecule has 0 aromatic heterocycles. The fourth-order valence-electron chi connectivity index (χ4n) is 3.24. The molecule has 0 spiro atoms. The van der Waals surface area contributed by atoms with Crippen molar-refractivity contribution >= 4 is 17.6 Å². The van der Waals surface area contributed by atoms with Crippen LogP contribution >= 0.6 is 0 Å². The average Bonchev–Trinajstić information content (AvgIpc) is 3.01. The quantitative estimate of drug-likeness (QED) is 0.790. The Morgan fingerprint density at radius 3 is 2.67 bits per heavy atom. The lowest BCUT2D eigenvalue weighted by Crippen LogP contribution is -2.40. The molecule has 2 aromatic carbocycles. The number of hydrogen-bond acceptors (Lipinski definition) is 3. The molecule has 27 heavy (non-hydrogen) atoms. The summed E-state index contributed by atoms with van der Waals surface area (Å²) in [5.41, 5.74) is 3.00. The first-order chi connectivity index (χ1) is 13.2. The highest BCUT2D eigenvalue weighted by Crippen LogP contribution is 2.19. The number of hydrogen-bond donors (Lipinski definition) is 2. The topological polar surface area (TPSA) is 70.7 Å². The number of nitrogens with one attached hydrogen (secondary N) is 2. The van der Waals surface area contributed by atoms with Gasteiger partial charge in [0.1, 0.15) is 0 Å². The highest BCUT2D eigenvalue weighted by molar-refractivity contribution is 5.91. The lowest BCUT2D eigenvalue weighted by atomic mass is 10.0. The van der Waals surface area contributed by atoms with E-state index in [1.54, 1.807) is 12.0 Å². The molecule has 2 N–H and O–H groups in total. The Labute approximate surface area is 159 Å². The van der Waals surface area contributed by atoms with Crippen molar-refractivity contribution in [1.82, 2.24) is 10.2 Å². The van der Waals surface area contributed by atoms with E-state index in [-0.39, 0.29) is 18.0 Å². The lowest BCUT2D eigenvalue weighted by molar-refractivity contribution is -0.128. The molecule has 1 fully saturated rings. The molecule has 3 rings (SSSR count). The van der Waals surface area contributed by atoms with E-state index in [2.05, 4.69) is 22.8 Å². The molecule has 0 radical (unpaired) electrons. The Kier molecular flexibility index (Phi) is 6.44. The van der Waals surface area contributed by atoms with Crippen LogP contribution in [0.4, 0.5) is 10.5 Å². The zero-order chi connectivity index (χ0) is 19.1. The number of urea groups is 1. The van der Waals surface area contributed by atoms with Gasteiger partial charge >= 0.3 is 6.03 Å². The smallest absolute Gasteiger partial charge is 0.319 e. The minimum atomic E-state index is -0.290. The molecule has 1 aliphatic heterocycles. The summed E-state index contributed by atoms with van der Waals surface area (Å²) in [4.78, 5) is 26.1. The average molecular weight is 367 g/mol. The van der Waals surface area contributed by atoms with E-state index in [0.29, 0.717) is 26.1 Å². The highest BCUT2D eigenvalue weighted by atomic mass is 16.5. The molecule has 142 valence electrons. The van der Waals surface area contributed by atoms with Gasteiger partial charge in [0.2, 0.25) is 5.91 Å². The van der Waals surface area contributed by atoms with Crippen LogP contribution in [0.5, 0.6) is 0 Å². The fourth-order valence-corrected chi connectivity index (χ4v) is 3.24. The first-order valence-corrected chi connectivity index (χ1v) is 9.12. The molecule has 2 aromatic rings. The monoisotopic (exact) mass is 367 g/mol. The van der Waals surface area contributed by atoms with Gasteiger partial charge in [-0.3, -0.25) is 4.79 Å². The summed E-state index contributed by atoms with van der Waals surface area (Å²) in [5.74, 6) is 0.0434. The van der Waals surface area contributed by atoms with E-state index in [1.165, 1.54) is 5.56 Å². The molecule has 0 unspecified atom stereocenters. The van der Waals surface area contributed by atoms with Gasteiger partial charge < -0.3 is 20.3 Å². The summed E-state index contributed by atoms with van der Waals surface area (Å²) in [6.45, 7) is 1.56. The van der Waals surface area contributed by atoms with Crippen molar-refractivity contribution in [1.29, 1.82) is 0 Å². The van der Waals surface area contributed by atoms with Gasteiger partial charge in [-0.05, 0) is 23.6 Å². The Bertz CT molecular complexity index is 779. The van der Waals surface area contributed by atoms with Gasteiger partial charge in [-0.2, -0.15) is 0 Å². The van der Waals surface area contributed by atoms with Crippen LogP contribution in [0.1, 0.15) is 17.5 Å². The van der Waals surface area contributed by atoms with E-state index in [4.69, 9.17) is 4.74 Å². The van der Waals surface area contributed by atoms with Crippen LogP contribution in [0.25, 0.3) is 0 Å². The van der Waals surface area contributed by atoms with Gasteiger partial charge in [0.05, 0.1) is 12.6 Å². The standard InChI is InChI=1S/C21H25N3O3/c1-27-12-11-24-15-18(14-20(24)25)22-21(26)23-19-10-6-5-9-17(19)13-16-7-3-2-4-8-16/h2-10,18H,11-15H2,1H3,(H2,22,23,26)/t18-/m0/s1. The van der Waals surface area contributed by atoms with Crippen LogP contribution in [0.2, 0.25) is 0 Å². The molecule has 1 saturated heterocycles. The van der Waals surface area contributed by atoms with Crippen LogP contribution in [-0.2, 0) is 16.0 Å². The fraction of sp³-hybridized carbons (Fsp3) is 0.333. The maximum Gasteiger partial charge on any atom is 0.319 e. The van der Waals surface area contributed by atoms with Gasteiger partial charge in [0.25, 0.3) is 0 Å². The van der Waals surface area contributed by atoms with Crippen LogP contribution in [0, 0.1) is 0 Å². The molecule has 0 saturated carbocycles. The van der Waals surface area contributed by atoms with E-state index in [0.717, 1.165) is 17.7 Å². The van der Waals surface area contributed by atoms with Gasteiger partial charge in [0, 0.05) is 32.3 Å². The number of amides is 3. The Morgan fingerprint density at radius 1 is 1.15 bits per heavy atom. The number of methoxy groups -OCH3 is 1. The van der Waals surface area contributed by atoms with Gasteiger partial charge in [-0.15, -0.1) is 0 Å². The van der Waals surface area contributed by atoms with Crippen LogP contribution in [-0.4, -0.2) is 49.7 Å². The number of ether oxygens (including phenoxy) is 1. The maximum atomic E-state index is 12.4. The molecular formula is C21H25N3O3. The summed E-state index contributed by atoms with van der Waals surface area (Å²) in [7, 11) is 1.61. The van der Waals surface area contributed by atoms with Crippen LogP contribution < -0.4 is 10.6 Å². The third-order valence-electron chi connectivity index (χ3n) is 4.62. The molecule has 0 aliphatic carbocycles. The van der Waals surface area contributed by atoms with Crippen molar-refractivity contribution in [3.63, 3.8) is 0 Å². The highest BCUT2D eigenvalue weighted by Gasteiger charge is 2.30. The van der Waals surface area contributed by atoms with E-state index in [9.17, 15) is 9.59 Å². The number of anilines is 1. The lowest BCUT2D eigenvalue weighted by Gasteiger charge is -2.17. The number of nitrogens with zero attached hydrogens (tertiary/aromatic N) is 1. The third kappa shape index (κ3) is 5.31. The summed E-state index contributed by atoms with van der Waals surface area (Å²) < 4.78 is 5.02. The first kappa shape index (κ1) is 18.9. The second-order valence-electron chi connectivity index (χ2n) is 6.65. The van der Waals surface area contributed by atoms with E-state index >= 15 is 0 Å². The number of rotatable bonds is 7. The SMILES string of the molecule is COCCN1C[C@@H](NC(=O)Nc2ccccc2Cc2ccccc2)CC1=O. The number of carbonyl (C=O) groups excluding carboxylic acids is 2. The normalized spacial score (nSPS) is 16.4. The van der Waals surface area contributed by atoms with Crippen LogP contribution in [0.15, 0.2) is 54.6 Å². The van der Waals surface area contributed by atoms with Gasteiger partial charge in [-0.25, -0.2) is 4.79 Å². The summed E-state index contributed by atoms with van der Waals surface area (Å²) in [6.07, 6.45) is 1.06. The predicted octanol–water partition coefficient (Wildman–Crippen LogP) is 2.65. The molecule has 0 bridgehead atoms. The molecule has 1 atom stereocenters. The van der Waals surface area contributed by atoms with Crippen molar-refractivity contribution in [2.75, 3.05) is 32.1 Å². The summed E-state index contributed by atoms with van der Waals surface area (Å²) in [6, 6.07) is 17.4. The summed E-state index contributed by atoms with van der Waals surface area (Å²) >= 11 is 0. The predicted molar refractivity (Wildman–Crippen MR) is 105 cm³/mol. The summed E-state index contributed by atoms with van der Waals surface area (Å²) in [5, 5.41) is 5.83. The van der Waals surface area contributed by atoms with Crippen molar-refractivity contribution in [3.05, 3.63) is 65.7 Å². The molecular weight excluding hydrogens is 342 g/mol. The maximum absolute atomic E-state index is 12.4.